The molecule has 130 valence electrons. The van der Waals surface area contributed by atoms with Gasteiger partial charge in [0.2, 0.25) is 0 Å². The highest BCUT2D eigenvalue weighted by molar-refractivity contribution is 7.86. The molecule has 0 N–H and O–H groups in total. The number of methoxy groups -OCH3 is 2. The summed E-state index contributed by atoms with van der Waals surface area (Å²) in [6, 6.07) is 5.66. The van der Waals surface area contributed by atoms with Crippen LogP contribution in [-0.4, -0.2) is 57.9 Å². The van der Waals surface area contributed by atoms with Crippen molar-refractivity contribution in [1.82, 2.24) is 8.61 Å². The van der Waals surface area contributed by atoms with Crippen LogP contribution in [0.25, 0.3) is 0 Å². The number of likely N-dealkylation sites (N-methyl/N-ethyl adjacent to an activating group) is 1. The summed E-state index contributed by atoms with van der Waals surface area (Å²) in [5, 5.41) is 0. The van der Waals surface area contributed by atoms with Crippen molar-refractivity contribution in [1.29, 1.82) is 0 Å². The Kier molecular flexibility index (Phi) is 6.26. The smallest absolute Gasteiger partial charge is 0.281 e. The maximum atomic E-state index is 12.5. The van der Waals surface area contributed by atoms with Crippen LogP contribution in [0.5, 0.6) is 11.5 Å². The van der Waals surface area contributed by atoms with Crippen LogP contribution < -0.4 is 9.47 Å². The van der Waals surface area contributed by atoms with Crippen molar-refractivity contribution in [3.8, 4) is 11.5 Å². The molecule has 0 saturated carbocycles. The molecule has 6 nitrogen and oxygen atoms in total. The van der Waals surface area contributed by atoms with Gasteiger partial charge in [-0.05, 0) is 37.0 Å². The highest BCUT2D eigenvalue weighted by atomic mass is 32.2. The predicted molar refractivity (Wildman–Crippen MR) is 90.2 cm³/mol. The number of hydrogen-bond acceptors (Lipinski definition) is 4. The summed E-state index contributed by atoms with van der Waals surface area (Å²) in [5.41, 5.74) is 1.02. The average Bonchev–Trinajstić information content (AvgIpc) is 2.59. The molecule has 2 rings (SSSR count). The Bertz CT molecular complexity index is 613. The lowest BCUT2D eigenvalue weighted by Gasteiger charge is -2.30. The van der Waals surface area contributed by atoms with Gasteiger partial charge >= 0.3 is 0 Å². The fourth-order valence-electron chi connectivity index (χ4n) is 2.73. The van der Waals surface area contributed by atoms with E-state index in [1.165, 1.54) is 4.31 Å². The number of benzene rings is 1. The van der Waals surface area contributed by atoms with E-state index in [2.05, 4.69) is 0 Å². The van der Waals surface area contributed by atoms with Crippen LogP contribution in [0.2, 0.25) is 0 Å². The van der Waals surface area contributed by atoms with E-state index >= 15 is 0 Å². The molecule has 0 amide bonds. The Morgan fingerprint density at radius 3 is 2.35 bits per heavy atom. The van der Waals surface area contributed by atoms with Gasteiger partial charge in [0.25, 0.3) is 10.2 Å². The summed E-state index contributed by atoms with van der Waals surface area (Å²) >= 11 is 0. The fraction of sp³-hybridized carbons (Fsp3) is 0.625. The summed E-state index contributed by atoms with van der Waals surface area (Å²) in [5.74, 6) is 1.33. The molecule has 0 spiro atoms. The molecule has 23 heavy (non-hydrogen) atoms. The Hall–Kier alpha value is -1.31. The van der Waals surface area contributed by atoms with Gasteiger partial charge in [0.05, 0.1) is 14.2 Å². The van der Waals surface area contributed by atoms with E-state index in [4.69, 9.17) is 9.47 Å². The van der Waals surface area contributed by atoms with Gasteiger partial charge in [-0.1, -0.05) is 12.5 Å². The van der Waals surface area contributed by atoms with E-state index in [9.17, 15) is 8.42 Å². The molecule has 1 aliphatic heterocycles. The maximum Gasteiger partial charge on any atom is 0.281 e. The van der Waals surface area contributed by atoms with E-state index in [-0.39, 0.29) is 0 Å². The topological polar surface area (TPSA) is 59.1 Å². The van der Waals surface area contributed by atoms with Crippen molar-refractivity contribution in [2.24, 2.45) is 0 Å². The molecule has 1 aromatic rings. The Labute approximate surface area is 139 Å². The van der Waals surface area contributed by atoms with Crippen LogP contribution in [0, 0.1) is 0 Å². The van der Waals surface area contributed by atoms with Gasteiger partial charge in [-0.15, -0.1) is 0 Å². The molecule has 0 unspecified atom stereocenters. The molecule has 0 aromatic heterocycles. The first kappa shape index (κ1) is 18.0. The van der Waals surface area contributed by atoms with Crippen molar-refractivity contribution in [3.05, 3.63) is 23.8 Å². The fourth-order valence-corrected chi connectivity index (χ4v) is 4.17. The van der Waals surface area contributed by atoms with Crippen molar-refractivity contribution in [2.75, 3.05) is 40.9 Å². The van der Waals surface area contributed by atoms with Crippen LogP contribution in [-0.2, 0) is 16.6 Å². The molecule has 1 aromatic carbocycles. The first-order valence-electron chi connectivity index (χ1n) is 7.91. The second-order valence-electron chi connectivity index (χ2n) is 5.73. The third-order valence-corrected chi connectivity index (χ3v) is 6.19. The Morgan fingerprint density at radius 2 is 1.74 bits per heavy atom. The number of hydrogen-bond donors (Lipinski definition) is 0. The molecule has 1 aliphatic rings. The van der Waals surface area contributed by atoms with Crippen LogP contribution in [0.15, 0.2) is 18.2 Å². The predicted octanol–water partition coefficient (Wildman–Crippen LogP) is 1.91. The molecule has 1 saturated heterocycles. The van der Waals surface area contributed by atoms with Gasteiger partial charge in [-0.25, -0.2) is 0 Å². The van der Waals surface area contributed by atoms with Crippen LogP contribution in [0.4, 0.5) is 0 Å². The van der Waals surface area contributed by atoms with Gasteiger partial charge in [-0.2, -0.15) is 17.0 Å². The molecule has 1 fully saturated rings. The number of nitrogens with zero attached hydrogens (tertiary/aromatic N) is 2. The monoisotopic (exact) mass is 342 g/mol. The van der Waals surface area contributed by atoms with Gasteiger partial charge < -0.3 is 9.47 Å². The third kappa shape index (κ3) is 4.37. The second kappa shape index (κ2) is 7.99. The minimum Gasteiger partial charge on any atom is -0.493 e. The SMILES string of the molecule is COc1ccc(CCN(C)S(=O)(=O)N2CCCCC2)cc1OC. The van der Waals surface area contributed by atoms with Crippen molar-refractivity contribution in [3.63, 3.8) is 0 Å². The highest BCUT2D eigenvalue weighted by Gasteiger charge is 2.27. The lowest BCUT2D eigenvalue weighted by Crippen LogP contribution is -2.44. The first-order chi connectivity index (χ1) is 11.0. The third-order valence-electron chi connectivity index (χ3n) is 4.20. The molecule has 1 heterocycles. The van der Waals surface area contributed by atoms with Gasteiger partial charge in [0.1, 0.15) is 0 Å². The quantitative estimate of drug-likeness (QED) is 0.759. The van der Waals surface area contributed by atoms with Crippen LogP contribution in [0.1, 0.15) is 24.8 Å². The molecular formula is C16H26N2O4S. The van der Waals surface area contributed by atoms with E-state index in [0.29, 0.717) is 37.6 Å². The Morgan fingerprint density at radius 1 is 1.09 bits per heavy atom. The normalized spacial score (nSPS) is 16.5. The van der Waals surface area contributed by atoms with E-state index < -0.39 is 10.2 Å². The number of piperidine rings is 1. The summed E-state index contributed by atoms with van der Waals surface area (Å²) in [7, 11) is 1.48. The number of rotatable bonds is 7. The number of ether oxygens (including phenoxy) is 2. The van der Waals surface area contributed by atoms with Gasteiger partial charge in [0.15, 0.2) is 11.5 Å². The first-order valence-corrected chi connectivity index (χ1v) is 9.31. The zero-order chi connectivity index (χ0) is 16.9. The summed E-state index contributed by atoms with van der Waals surface area (Å²) in [6.07, 6.45) is 3.64. The zero-order valence-electron chi connectivity index (χ0n) is 14.1. The van der Waals surface area contributed by atoms with E-state index in [1.807, 2.05) is 18.2 Å². The molecular weight excluding hydrogens is 316 g/mol. The lowest BCUT2D eigenvalue weighted by atomic mass is 10.1. The molecule has 0 bridgehead atoms. The summed E-state index contributed by atoms with van der Waals surface area (Å²) in [4.78, 5) is 0. The van der Waals surface area contributed by atoms with Gasteiger partial charge in [-0.3, -0.25) is 0 Å². The van der Waals surface area contributed by atoms with Crippen molar-refractivity contribution in [2.45, 2.75) is 25.7 Å². The molecule has 0 radical (unpaired) electrons. The maximum absolute atomic E-state index is 12.5. The van der Waals surface area contributed by atoms with Crippen molar-refractivity contribution >= 4 is 10.2 Å². The van der Waals surface area contributed by atoms with Gasteiger partial charge in [0, 0.05) is 26.7 Å². The molecule has 0 aliphatic carbocycles. The largest absolute Gasteiger partial charge is 0.493 e. The summed E-state index contributed by atoms with van der Waals surface area (Å²) in [6.45, 7) is 1.69. The molecule has 0 atom stereocenters. The second-order valence-corrected chi connectivity index (χ2v) is 7.76. The average molecular weight is 342 g/mol. The standard InChI is InChI=1S/C16H26N2O4S/c1-17(23(19,20)18-10-5-4-6-11-18)12-9-14-7-8-15(21-2)16(13-14)22-3/h7-8,13H,4-6,9-12H2,1-3H3. The minimum absolute atomic E-state index is 0.439. The highest BCUT2D eigenvalue weighted by Crippen LogP contribution is 2.27. The van der Waals surface area contributed by atoms with E-state index in [0.717, 1.165) is 24.8 Å². The Balaban J connectivity index is 1.99. The van der Waals surface area contributed by atoms with Crippen LogP contribution in [0.3, 0.4) is 0 Å². The molecule has 7 heteroatoms. The van der Waals surface area contributed by atoms with Crippen LogP contribution >= 0.6 is 0 Å². The minimum atomic E-state index is -3.35. The van der Waals surface area contributed by atoms with E-state index in [1.54, 1.807) is 25.6 Å². The van der Waals surface area contributed by atoms with Crippen molar-refractivity contribution < 1.29 is 17.9 Å². The zero-order valence-corrected chi connectivity index (χ0v) is 14.9. The summed E-state index contributed by atoms with van der Waals surface area (Å²) < 4.78 is 38.6. The lowest BCUT2D eigenvalue weighted by molar-refractivity contribution is 0.316.